The summed E-state index contributed by atoms with van der Waals surface area (Å²) in [5.74, 6) is -2.19. The third-order valence-corrected chi connectivity index (χ3v) is 10.2. The maximum atomic E-state index is 13.8. The molecule has 3 aliphatic carbocycles. The number of carboxylic acid groups (broad SMARTS) is 1. The number of benzene rings is 1. The van der Waals surface area contributed by atoms with Crippen molar-refractivity contribution in [3.63, 3.8) is 0 Å². The first-order chi connectivity index (χ1) is 18.2. The first-order valence-electron chi connectivity index (χ1n) is 13.9. The van der Waals surface area contributed by atoms with Crippen molar-refractivity contribution >= 4 is 34.1 Å². The van der Waals surface area contributed by atoms with Gasteiger partial charge in [0.2, 0.25) is 5.91 Å². The minimum Gasteiger partial charge on any atom is -0.481 e. The van der Waals surface area contributed by atoms with E-state index in [2.05, 4.69) is 17.6 Å². The van der Waals surface area contributed by atoms with Crippen LogP contribution in [0.5, 0.6) is 0 Å². The second-order valence-corrected chi connectivity index (χ2v) is 12.6. The molecule has 38 heavy (non-hydrogen) atoms. The predicted molar refractivity (Wildman–Crippen MR) is 150 cm³/mol. The van der Waals surface area contributed by atoms with Crippen LogP contribution in [-0.2, 0) is 29.0 Å². The van der Waals surface area contributed by atoms with Crippen molar-refractivity contribution < 1.29 is 19.5 Å². The summed E-state index contributed by atoms with van der Waals surface area (Å²) in [6, 6.07) is 8.07. The summed E-state index contributed by atoms with van der Waals surface area (Å²) < 4.78 is 0. The number of carbonyl (C=O) groups excluding carboxylic acids is 2. The molecule has 202 valence electrons. The molecule has 5 rings (SSSR count). The number of carboxylic acids is 1. The number of hydrogen-bond acceptors (Lipinski definition) is 4. The average molecular weight is 535 g/mol. The lowest BCUT2D eigenvalue weighted by molar-refractivity contribution is -0.148. The van der Waals surface area contributed by atoms with E-state index < -0.39 is 17.8 Å². The van der Waals surface area contributed by atoms with Crippen LogP contribution in [0.25, 0.3) is 0 Å². The Balaban J connectivity index is 1.43. The molecule has 2 saturated carbocycles. The second kappa shape index (κ2) is 10.7. The Labute approximate surface area is 228 Å². The number of aryl methyl sites for hydroxylation is 1. The number of allylic oxidation sites excluding steroid dienone is 2. The highest BCUT2D eigenvalue weighted by Crippen LogP contribution is 2.57. The fraction of sp³-hybridized carbons (Fsp3) is 0.516. The van der Waals surface area contributed by atoms with Gasteiger partial charge in [0.05, 0.1) is 17.4 Å². The molecule has 0 radical (unpaired) electrons. The number of rotatable bonds is 7. The van der Waals surface area contributed by atoms with E-state index in [9.17, 15) is 19.5 Å². The van der Waals surface area contributed by atoms with Crippen molar-refractivity contribution in [2.45, 2.75) is 72.8 Å². The van der Waals surface area contributed by atoms with Crippen LogP contribution in [0, 0.1) is 36.5 Å². The number of anilines is 1. The molecule has 5 atom stereocenters. The van der Waals surface area contributed by atoms with E-state index in [-0.39, 0.29) is 23.7 Å². The van der Waals surface area contributed by atoms with Crippen molar-refractivity contribution in [1.29, 1.82) is 0 Å². The van der Waals surface area contributed by atoms with E-state index >= 15 is 0 Å². The van der Waals surface area contributed by atoms with E-state index in [1.54, 1.807) is 0 Å². The molecule has 1 heterocycles. The number of nitrogens with one attached hydrogen (secondary N) is 2. The van der Waals surface area contributed by atoms with E-state index in [0.29, 0.717) is 23.0 Å². The van der Waals surface area contributed by atoms with Crippen LogP contribution in [0.1, 0.15) is 78.4 Å². The Morgan fingerprint density at radius 2 is 1.71 bits per heavy atom. The molecule has 6 nitrogen and oxygen atoms in total. The van der Waals surface area contributed by atoms with E-state index in [0.717, 1.165) is 60.8 Å². The molecule has 2 amide bonds. The molecule has 0 aliphatic heterocycles. The fourth-order valence-corrected chi connectivity index (χ4v) is 8.47. The highest BCUT2D eigenvalue weighted by atomic mass is 32.1. The number of carbonyl (C=O) groups is 3. The van der Waals surface area contributed by atoms with Crippen molar-refractivity contribution in [3.05, 3.63) is 62.5 Å². The highest BCUT2D eigenvalue weighted by molar-refractivity contribution is 7.17. The largest absolute Gasteiger partial charge is 0.481 e. The monoisotopic (exact) mass is 534 g/mol. The van der Waals surface area contributed by atoms with Crippen molar-refractivity contribution in [3.8, 4) is 0 Å². The minimum atomic E-state index is -0.900. The van der Waals surface area contributed by atoms with Gasteiger partial charge in [0.25, 0.3) is 5.91 Å². The van der Waals surface area contributed by atoms with Crippen LogP contribution in [0.2, 0.25) is 0 Å². The lowest BCUT2D eigenvalue weighted by Crippen LogP contribution is -2.38. The Morgan fingerprint density at radius 1 is 1.03 bits per heavy atom. The second-order valence-electron chi connectivity index (χ2n) is 11.5. The molecule has 2 bridgehead atoms. The summed E-state index contributed by atoms with van der Waals surface area (Å²) in [6.07, 6.45) is 5.52. The van der Waals surface area contributed by atoms with Gasteiger partial charge in [-0.25, -0.2) is 0 Å². The van der Waals surface area contributed by atoms with Crippen LogP contribution in [-0.4, -0.2) is 22.9 Å². The summed E-state index contributed by atoms with van der Waals surface area (Å²) in [4.78, 5) is 40.8. The normalized spacial score (nSPS) is 25.7. The van der Waals surface area contributed by atoms with Gasteiger partial charge in [-0.1, -0.05) is 54.3 Å². The van der Waals surface area contributed by atoms with E-state index in [1.807, 2.05) is 45.0 Å². The highest BCUT2D eigenvalue weighted by Gasteiger charge is 2.57. The van der Waals surface area contributed by atoms with Gasteiger partial charge < -0.3 is 15.7 Å². The predicted octanol–water partition coefficient (Wildman–Crippen LogP) is 6.13. The van der Waals surface area contributed by atoms with Crippen LogP contribution in [0.3, 0.4) is 0 Å². The van der Waals surface area contributed by atoms with Crippen molar-refractivity contribution in [1.82, 2.24) is 5.32 Å². The molecule has 2 aromatic rings. The van der Waals surface area contributed by atoms with Gasteiger partial charge in [-0.2, -0.15) is 0 Å². The van der Waals surface area contributed by atoms with Gasteiger partial charge >= 0.3 is 5.97 Å². The third-order valence-electron chi connectivity index (χ3n) is 8.99. The SMILES string of the molecule is CC[C@@H]1CCc2c(sc(NC(=O)[C@H]3[C@@H](C(=O)O)[C@@H]4CC[C@@H]3C4=C(C)C)c2C(=O)NCc2ccc(C)cc2)C1. The van der Waals surface area contributed by atoms with Gasteiger partial charge in [0, 0.05) is 11.4 Å². The minimum absolute atomic E-state index is 0.0380. The molecular weight excluding hydrogens is 496 g/mol. The Kier molecular flexibility index (Phi) is 7.49. The van der Waals surface area contributed by atoms with Gasteiger partial charge in [0.15, 0.2) is 0 Å². The van der Waals surface area contributed by atoms with Crippen LogP contribution in [0.4, 0.5) is 5.00 Å². The maximum absolute atomic E-state index is 13.8. The Morgan fingerprint density at radius 3 is 2.34 bits per heavy atom. The molecule has 7 heteroatoms. The van der Waals surface area contributed by atoms with Crippen LogP contribution < -0.4 is 10.6 Å². The summed E-state index contributed by atoms with van der Waals surface area (Å²) in [5, 5.41) is 16.8. The van der Waals surface area contributed by atoms with Gasteiger partial charge in [-0.3, -0.25) is 14.4 Å². The molecular formula is C31H38N2O4S. The number of fused-ring (bicyclic) bond motifs is 3. The van der Waals surface area contributed by atoms with Crippen LogP contribution >= 0.6 is 11.3 Å². The number of amides is 2. The number of hydrogen-bond donors (Lipinski definition) is 3. The molecule has 2 fully saturated rings. The Bertz CT molecular complexity index is 1290. The summed E-state index contributed by atoms with van der Waals surface area (Å²) in [5.41, 5.74) is 6.09. The molecule has 3 N–H and O–H groups in total. The molecule has 0 unspecified atom stereocenters. The number of aliphatic carboxylic acids is 1. The fourth-order valence-electron chi connectivity index (χ4n) is 7.11. The summed E-state index contributed by atoms with van der Waals surface area (Å²) in [7, 11) is 0. The lowest BCUT2D eigenvalue weighted by atomic mass is 9.78. The average Bonchev–Trinajstić information content (AvgIpc) is 3.57. The van der Waals surface area contributed by atoms with Gasteiger partial charge in [0.1, 0.15) is 5.00 Å². The summed E-state index contributed by atoms with van der Waals surface area (Å²) >= 11 is 1.50. The topological polar surface area (TPSA) is 95.5 Å². The summed E-state index contributed by atoms with van der Waals surface area (Å²) in [6.45, 7) is 8.68. The maximum Gasteiger partial charge on any atom is 0.307 e. The van der Waals surface area contributed by atoms with Gasteiger partial charge in [-0.15, -0.1) is 11.3 Å². The van der Waals surface area contributed by atoms with E-state index in [4.69, 9.17) is 0 Å². The molecule has 1 aromatic carbocycles. The lowest BCUT2D eigenvalue weighted by Gasteiger charge is -2.26. The smallest absolute Gasteiger partial charge is 0.307 e. The number of thiophene rings is 1. The van der Waals surface area contributed by atoms with Crippen molar-refractivity contribution in [2.75, 3.05) is 5.32 Å². The molecule has 0 saturated heterocycles. The molecule has 3 aliphatic rings. The molecule has 1 aromatic heterocycles. The zero-order valence-electron chi connectivity index (χ0n) is 22.7. The first-order valence-corrected chi connectivity index (χ1v) is 14.7. The standard InChI is InChI=1S/C31H38N2O4S/c1-5-18-10-11-20-23(14-18)38-30(27(20)28(34)32-15-19-8-6-17(4)7-9-19)33-29(35)25-21-12-13-22(24(21)16(2)3)26(25)31(36)37/h6-9,18,21-22,25-26H,5,10-15H2,1-4H3,(H,32,34)(H,33,35)(H,36,37)/t18-,21-,22-,25-,26+/m1/s1. The first kappa shape index (κ1) is 26.7. The quantitative estimate of drug-likeness (QED) is 0.372. The third kappa shape index (κ3) is 4.81. The zero-order valence-corrected chi connectivity index (χ0v) is 23.5. The Hall–Kier alpha value is -2.93. The van der Waals surface area contributed by atoms with Crippen molar-refractivity contribution in [2.24, 2.45) is 29.6 Å². The van der Waals surface area contributed by atoms with Gasteiger partial charge in [-0.05, 0) is 81.8 Å². The zero-order chi connectivity index (χ0) is 27.1. The van der Waals surface area contributed by atoms with E-state index in [1.165, 1.54) is 21.8 Å². The molecule has 0 spiro atoms. The van der Waals surface area contributed by atoms with Crippen LogP contribution in [0.15, 0.2) is 35.4 Å².